The summed E-state index contributed by atoms with van der Waals surface area (Å²) in [6, 6.07) is 4.41. The molecule has 0 fully saturated rings. The van der Waals surface area contributed by atoms with Crippen LogP contribution in [0.25, 0.3) is 0 Å². The number of hydrogen-bond acceptors (Lipinski definition) is 5. The summed E-state index contributed by atoms with van der Waals surface area (Å²) >= 11 is 7.54. The van der Waals surface area contributed by atoms with Crippen LogP contribution in [0.3, 0.4) is 0 Å². The van der Waals surface area contributed by atoms with Gasteiger partial charge in [-0.1, -0.05) is 17.7 Å². The standard InChI is InChI=1S/C18H17ClFN3O3S/c1-2-26-18(25)23-7-6-9-12(8-23)27-17-13(9)16(24)21-15(22-17)14-10(19)4-3-5-11(14)20/h3-5,15,22H,2,6-8H2,1H3,(H,21,24). The summed E-state index contributed by atoms with van der Waals surface area (Å²) in [5.41, 5.74) is 1.71. The first-order chi connectivity index (χ1) is 13.0. The average Bonchev–Trinajstić information content (AvgIpc) is 2.99. The lowest BCUT2D eigenvalue weighted by Crippen LogP contribution is -2.40. The lowest BCUT2D eigenvalue weighted by atomic mass is 10.0. The number of halogens is 2. The van der Waals surface area contributed by atoms with Crippen molar-refractivity contribution in [1.29, 1.82) is 0 Å². The van der Waals surface area contributed by atoms with E-state index in [0.29, 0.717) is 36.7 Å². The summed E-state index contributed by atoms with van der Waals surface area (Å²) in [6.07, 6.45) is -0.539. The minimum atomic E-state index is -0.750. The number of hydrogen-bond donors (Lipinski definition) is 2. The van der Waals surface area contributed by atoms with E-state index in [-0.39, 0.29) is 22.6 Å². The van der Waals surface area contributed by atoms with Gasteiger partial charge in [-0.15, -0.1) is 11.3 Å². The normalized spacial score (nSPS) is 18.3. The van der Waals surface area contributed by atoms with Gasteiger partial charge in [0.2, 0.25) is 0 Å². The van der Waals surface area contributed by atoms with Gasteiger partial charge >= 0.3 is 6.09 Å². The number of nitrogens with one attached hydrogen (secondary N) is 2. The smallest absolute Gasteiger partial charge is 0.410 e. The van der Waals surface area contributed by atoms with Crippen molar-refractivity contribution in [3.05, 3.63) is 50.6 Å². The summed E-state index contributed by atoms with van der Waals surface area (Å²) in [5.74, 6) is -0.756. The highest BCUT2D eigenvalue weighted by Crippen LogP contribution is 2.41. The second-order valence-electron chi connectivity index (χ2n) is 6.26. The van der Waals surface area contributed by atoms with E-state index in [1.807, 2.05) is 0 Å². The third-order valence-corrected chi connectivity index (χ3v) is 6.13. The summed E-state index contributed by atoms with van der Waals surface area (Å²) in [4.78, 5) is 27.3. The van der Waals surface area contributed by atoms with Crippen LogP contribution in [-0.4, -0.2) is 30.1 Å². The minimum Gasteiger partial charge on any atom is -0.450 e. The van der Waals surface area contributed by atoms with Crippen LogP contribution in [-0.2, 0) is 17.7 Å². The maximum atomic E-state index is 14.2. The van der Waals surface area contributed by atoms with Crippen molar-refractivity contribution in [2.45, 2.75) is 26.1 Å². The van der Waals surface area contributed by atoms with Gasteiger partial charge in [0, 0.05) is 17.0 Å². The number of ether oxygens (including phenoxy) is 1. The first kappa shape index (κ1) is 18.1. The number of benzene rings is 1. The van der Waals surface area contributed by atoms with E-state index in [1.165, 1.54) is 23.5 Å². The molecule has 9 heteroatoms. The maximum absolute atomic E-state index is 14.2. The molecule has 0 saturated heterocycles. The van der Waals surface area contributed by atoms with Crippen molar-refractivity contribution in [2.75, 3.05) is 18.5 Å². The molecule has 2 aliphatic heterocycles. The number of nitrogens with zero attached hydrogens (tertiary/aromatic N) is 1. The van der Waals surface area contributed by atoms with Gasteiger partial charge in [0.25, 0.3) is 5.91 Å². The molecule has 2 amide bonds. The molecule has 2 N–H and O–H groups in total. The van der Waals surface area contributed by atoms with Crippen LogP contribution in [0.5, 0.6) is 0 Å². The Morgan fingerprint density at radius 2 is 2.26 bits per heavy atom. The van der Waals surface area contributed by atoms with Crippen molar-refractivity contribution in [3.8, 4) is 0 Å². The number of anilines is 1. The molecule has 0 radical (unpaired) electrons. The Bertz CT molecular complexity index is 913. The van der Waals surface area contributed by atoms with Crippen molar-refractivity contribution in [2.24, 2.45) is 0 Å². The van der Waals surface area contributed by atoms with Crippen LogP contribution < -0.4 is 10.6 Å². The largest absolute Gasteiger partial charge is 0.450 e. The summed E-state index contributed by atoms with van der Waals surface area (Å²) < 4.78 is 19.3. The molecule has 1 atom stereocenters. The summed E-state index contributed by atoms with van der Waals surface area (Å²) in [5, 5.41) is 6.87. The number of rotatable bonds is 2. The molecule has 142 valence electrons. The zero-order chi connectivity index (χ0) is 19.1. The molecule has 1 unspecified atom stereocenters. The van der Waals surface area contributed by atoms with Gasteiger partial charge in [-0.2, -0.15) is 0 Å². The molecule has 3 heterocycles. The SMILES string of the molecule is CCOC(=O)N1CCc2c(sc3c2C(=O)NC(c2c(F)cccc2Cl)N3)C1. The highest BCUT2D eigenvalue weighted by molar-refractivity contribution is 7.16. The molecule has 0 saturated carbocycles. The zero-order valence-corrected chi connectivity index (χ0v) is 16.0. The van der Waals surface area contributed by atoms with Gasteiger partial charge in [0.05, 0.1) is 23.7 Å². The molecule has 27 heavy (non-hydrogen) atoms. The Morgan fingerprint density at radius 3 is 3.00 bits per heavy atom. The predicted molar refractivity (Wildman–Crippen MR) is 101 cm³/mol. The van der Waals surface area contributed by atoms with Gasteiger partial charge in [-0.3, -0.25) is 4.79 Å². The number of carbonyl (C=O) groups excluding carboxylic acids is 2. The van der Waals surface area contributed by atoms with Crippen LogP contribution in [0, 0.1) is 5.82 Å². The molecule has 4 rings (SSSR count). The molecule has 6 nitrogen and oxygen atoms in total. The summed E-state index contributed by atoms with van der Waals surface area (Å²) in [7, 11) is 0. The quantitative estimate of drug-likeness (QED) is 0.789. The second kappa shape index (κ2) is 7.01. The fraction of sp³-hybridized carbons (Fsp3) is 0.333. The van der Waals surface area contributed by atoms with E-state index in [4.69, 9.17) is 16.3 Å². The Morgan fingerprint density at radius 1 is 1.44 bits per heavy atom. The van der Waals surface area contributed by atoms with Gasteiger partial charge in [0.15, 0.2) is 0 Å². The van der Waals surface area contributed by atoms with Gasteiger partial charge in [0.1, 0.15) is 17.0 Å². The maximum Gasteiger partial charge on any atom is 0.410 e. The molecule has 2 aliphatic rings. The topological polar surface area (TPSA) is 70.7 Å². The van der Waals surface area contributed by atoms with E-state index < -0.39 is 12.0 Å². The molecular formula is C18H17ClFN3O3S. The van der Waals surface area contributed by atoms with Crippen LogP contribution in [0.15, 0.2) is 18.2 Å². The molecule has 0 bridgehead atoms. The minimum absolute atomic E-state index is 0.206. The van der Waals surface area contributed by atoms with Crippen molar-refractivity contribution < 1.29 is 18.7 Å². The Hall–Kier alpha value is -2.32. The van der Waals surface area contributed by atoms with Crippen molar-refractivity contribution in [3.63, 3.8) is 0 Å². The highest BCUT2D eigenvalue weighted by Gasteiger charge is 2.35. The van der Waals surface area contributed by atoms with E-state index in [1.54, 1.807) is 17.9 Å². The first-order valence-electron chi connectivity index (χ1n) is 8.57. The molecule has 0 spiro atoms. The first-order valence-corrected chi connectivity index (χ1v) is 9.76. The highest BCUT2D eigenvalue weighted by atomic mass is 35.5. The Kier molecular flexibility index (Phi) is 4.69. The van der Waals surface area contributed by atoms with Crippen molar-refractivity contribution in [1.82, 2.24) is 10.2 Å². The Labute approximate surface area is 164 Å². The fourth-order valence-electron chi connectivity index (χ4n) is 3.42. The second-order valence-corrected chi connectivity index (χ2v) is 7.78. The molecular weight excluding hydrogens is 393 g/mol. The van der Waals surface area contributed by atoms with Crippen molar-refractivity contribution >= 4 is 39.9 Å². The van der Waals surface area contributed by atoms with Crippen LogP contribution in [0.1, 0.15) is 39.5 Å². The van der Waals surface area contributed by atoms with E-state index in [9.17, 15) is 14.0 Å². The predicted octanol–water partition coefficient (Wildman–Crippen LogP) is 3.91. The molecule has 0 aliphatic carbocycles. The monoisotopic (exact) mass is 409 g/mol. The van der Waals surface area contributed by atoms with Gasteiger partial charge in [-0.25, -0.2) is 9.18 Å². The van der Waals surface area contributed by atoms with Gasteiger partial charge in [-0.05, 0) is 31.0 Å². The average molecular weight is 410 g/mol. The number of fused-ring (bicyclic) bond motifs is 3. The van der Waals surface area contributed by atoms with E-state index in [0.717, 1.165) is 10.4 Å². The molecule has 1 aromatic heterocycles. The third kappa shape index (κ3) is 3.12. The molecule has 2 aromatic rings. The third-order valence-electron chi connectivity index (χ3n) is 4.65. The fourth-order valence-corrected chi connectivity index (χ4v) is 4.98. The van der Waals surface area contributed by atoms with Gasteiger partial charge < -0.3 is 20.3 Å². The molecule has 1 aromatic carbocycles. The lowest BCUT2D eigenvalue weighted by Gasteiger charge is -2.28. The van der Waals surface area contributed by atoms with E-state index in [2.05, 4.69) is 10.6 Å². The zero-order valence-electron chi connectivity index (χ0n) is 14.5. The number of amides is 2. The number of thiophene rings is 1. The van der Waals surface area contributed by atoms with Crippen LogP contribution in [0.4, 0.5) is 14.2 Å². The summed E-state index contributed by atoms with van der Waals surface area (Å²) in [6.45, 7) is 2.97. The van der Waals surface area contributed by atoms with E-state index >= 15 is 0 Å². The number of carbonyl (C=O) groups is 2. The van der Waals surface area contributed by atoms with Crippen LogP contribution >= 0.6 is 22.9 Å². The Balaban J connectivity index is 1.64. The lowest BCUT2D eigenvalue weighted by molar-refractivity contribution is 0.0933. The van der Waals surface area contributed by atoms with Crippen LogP contribution in [0.2, 0.25) is 5.02 Å².